The van der Waals surface area contributed by atoms with E-state index in [9.17, 15) is 19.8 Å². The number of hydrogen-bond acceptors (Lipinski definition) is 6. The Morgan fingerprint density at radius 2 is 0.800 bits per heavy atom. The van der Waals surface area contributed by atoms with Crippen LogP contribution in [0.3, 0.4) is 0 Å². The van der Waals surface area contributed by atoms with Crippen LogP contribution in [-0.2, 0) is 10.8 Å². The Hall–Kier alpha value is -3.48. The Labute approximate surface area is 243 Å². The van der Waals surface area contributed by atoms with Gasteiger partial charge < -0.3 is 10.2 Å². The fourth-order valence-electron chi connectivity index (χ4n) is 4.78. The first kappa shape index (κ1) is 28.1. The molecule has 0 saturated carbocycles. The fraction of sp³-hybridized carbons (Fsp3) is 0.235. The molecule has 0 fully saturated rings. The first-order valence-corrected chi connectivity index (χ1v) is 14.8. The second kappa shape index (κ2) is 10.2. The normalized spacial score (nSPS) is 13.2. The molecule has 0 heterocycles. The van der Waals surface area contributed by atoms with Crippen molar-refractivity contribution >= 4 is 35.1 Å². The van der Waals surface area contributed by atoms with E-state index < -0.39 is 5.78 Å². The van der Waals surface area contributed by atoms with Crippen molar-refractivity contribution in [3.63, 3.8) is 0 Å². The van der Waals surface area contributed by atoms with Crippen LogP contribution in [0.4, 0.5) is 0 Å². The fourth-order valence-corrected chi connectivity index (χ4v) is 6.69. The summed E-state index contributed by atoms with van der Waals surface area (Å²) >= 11 is 2.75. The summed E-state index contributed by atoms with van der Waals surface area (Å²) in [5, 5.41) is 21.4. The van der Waals surface area contributed by atoms with Crippen molar-refractivity contribution in [3.8, 4) is 11.5 Å². The van der Waals surface area contributed by atoms with Crippen LogP contribution in [0.5, 0.6) is 11.5 Å². The number of hydrogen-bond donors (Lipinski definition) is 2. The van der Waals surface area contributed by atoms with Gasteiger partial charge in [-0.15, -0.1) is 0 Å². The van der Waals surface area contributed by atoms with Gasteiger partial charge in [0.25, 0.3) is 0 Å². The highest BCUT2D eigenvalue weighted by atomic mass is 32.2. The highest BCUT2D eigenvalue weighted by Crippen LogP contribution is 2.46. The molecule has 1 aliphatic carbocycles. The summed E-state index contributed by atoms with van der Waals surface area (Å²) in [6.07, 6.45) is 0. The maximum atomic E-state index is 14.2. The highest BCUT2D eigenvalue weighted by molar-refractivity contribution is 7.99. The van der Waals surface area contributed by atoms with Crippen LogP contribution in [0, 0.1) is 0 Å². The van der Waals surface area contributed by atoms with Gasteiger partial charge in [0.1, 0.15) is 11.5 Å². The van der Waals surface area contributed by atoms with Crippen LogP contribution in [-0.4, -0.2) is 21.8 Å². The summed E-state index contributed by atoms with van der Waals surface area (Å²) in [7, 11) is 0. The Morgan fingerprint density at radius 1 is 0.475 bits per heavy atom. The topological polar surface area (TPSA) is 74.6 Å². The van der Waals surface area contributed by atoms with Gasteiger partial charge in [0, 0.05) is 19.6 Å². The first-order valence-electron chi connectivity index (χ1n) is 13.1. The Morgan fingerprint density at radius 3 is 1.12 bits per heavy atom. The van der Waals surface area contributed by atoms with Gasteiger partial charge in [0.2, 0.25) is 5.78 Å². The minimum absolute atomic E-state index is 0.0100. The van der Waals surface area contributed by atoms with Gasteiger partial charge >= 0.3 is 0 Å². The van der Waals surface area contributed by atoms with Gasteiger partial charge in [-0.1, -0.05) is 89.3 Å². The maximum Gasteiger partial charge on any atom is 0.202 e. The zero-order valence-electron chi connectivity index (χ0n) is 23.5. The summed E-state index contributed by atoms with van der Waals surface area (Å²) in [6, 6.07) is 22.5. The smallest absolute Gasteiger partial charge is 0.202 e. The summed E-state index contributed by atoms with van der Waals surface area (Å²) in [4.78, 5) is 30.9. The summed E-state index contributed by atoms with van der Waals surface area (Å²) < 4.78 is 0. The van der Waals surface area contributed by atoms with Crippen molar-refractivity contribution in [3.05, 3.63) is 106 Å². The molecule has 0 spiro atoms. The predicted molar refractivity (Wildman–Crippen MR) is 162 cm³/mol. The molecule has 0 amide bonds. The molecule has 2 N–H and O–H groups in total. The van der Waals surface area contributed by atoms with E-state index in [0.717, 1.165) is 9.79 Å². The number of carbonyl (C=O) groups excluding carboxylic acids is 2. The number of fused-ring (bicyclic) bond motifs is 2. The number of ketones is 2. The molecule has 6 heteroatoms. The second-order valence-electron chi connectivity index (χ2n) is 12.1. The van der Waals surface area contributed by atoms with Gasteiger partial charge in [-0.3, -0.25) is 9.59 Å². The van der Waals surface area contributed by atoms with E-state index in [1.165, 1.54) is 46.8 Å². The summed E-state index contributed by atoms with van der Waals surface area (Å²) in [5.74, 6) is -1.50. The number of benzene rings is 4. The molecule has 5 rings (SSSR count). The van der Waals surface area contributed by atoms with Gasteiger partial charge in [-0.25, -0.2) is 0 Å². The molecule has 4 aromatic rings. The lowest BCUT2D eigenvalue weighted by Gasteiger charge is -2.24. The number of carbonyl (C=O) groups is 2. The van der Waals surface area contributed by atoms with Crippen molar-refractivity contribution in [1.82, 2.24) is 0 Å². The van der Waals surface area contributed by atoms with E-state index >= 15 is 0 Å². The van der Waals surface area contributed by atoms with Gasteiger partial charge in [-0.05, 0) is 70.5 Å². The van der Waals surface area contributed by atoms with Crippen molar-refractivity contribution in [2.24, 2.45) is 0 Å². The largest absolute Gasteiger partial charge is 0.507 e. The maximum absolute atomic E-state index is 14.2. The molecule has 0 aromatic heterocycles. The molecule has 40 heavy (non-hydrogen) atoms. The van der Waals surface area contributed by atoms with E-state index in [1.54, 1.807) is 12.1 Å². The van der Waals surface area contributed by atoms with Crippen LogP contribution in [0.2, 0.25) is 0 Å². The Balaban J connectivity index is 1.57. The number of rotatable bonds is 4. The quantitative estimate of drug-likeness (QED) is 0.226. The van der Waals surface area contributed by atoms with E-state index in [0.29, 0.717) is 9.79 Å². The number of phenolic OH excluding ortho intramolecular Hbond substituents is 2. The van der Waals surface area contributed by atoms with Crippen LogP contribution >= 0.6 is 23.5 Å². The minimum Gasteiger partial charge on any atom is -0.507 e. The van der Waals surface area contributed by atoms with E-state index in [4.69, 9.17) is 0 Å². The van der Waals surface area contributed by atoms with Crippen molar-refractivity contribution in [2.45, 2.75) is 72.0 Å². The van der Waals surface area contributed by atoms with Crippen molar-refractivity contribution < 1.29 is 19.8 Å². The SMILES string of the molecule is CC(C)(C)c1ccc(Sc2ccc(O)c3c2C(=O)c2c(Sc4ccc(C(C)(C)C)cc4)ccc(O)c2C3=O)cc1. The standard InChI is InChI=1S/C34H32O4S2/c1-33(2,3)19-7-11-21(12-8-19)39-25-17-15-23(35)27-29(25)32(38)30-26(18-16-24(36)28(30)31(27)37)40-22-13-9-20(10-14-22)34(4,5)6/h7-18,35-36H,1-6H3. The van der Waals surface area contributed by atoms with Gasteiger partial charge in [0.05, 0.1) is 22.3 Å². The third-order valence-electron chi connectivity index (χ3n) is 7.09. The lowest BCUT2D eigenvalue weighted by molar-refractivity contribution is 0.0969. The summed E-state index contributed by atoms with van der Waals surface area (Å²) in [6.45, 7) is 12.9. The van der Waals surface area contributed by atoms with Gasteiger partial charge in [0.15, 0.2) is 5.78 Å². The highest BCUT2D eigenvalue weighted by Gasteiger charge is 2.38. The lowest BCUT2D eigenvalue weighted by atomic mass is 9.83. The van der Waals surface area contributed by atoms with Gasteiger partial charge in [-0.2, -0.15) is 0 Å². The lowest BCUT2D eigenvalue weighted by Crippen LogP contribution is -2.23. The van der Waals surface area contributed by atoms with E-state index in [2.05, 4.69) is 65.8 Å². The second-order valence-corrected chi connectivity index (χ2v) is 14.3. The monoisotopic (exact) mass is 568 g/mol. The molecule has 0 atom stereocenters. The zero-order chi connectivity index (χ0) is 29.0. The third kappa shape index (κ3) is 5.18. The third-order valence-corrected chi connectivity index (χ3v) is 9.23. The minimum atomic E-state index is -0.560. The average molecular weight is 569 g/mol. The summed E-state index contributed by atoms with van der Waals surface area (Å²) in [5.41, 5.74) is 2.60. The molecule has 204 valence electrons. The molecule has 1 aliphatic rings. The van der Waals surface area contributed by atoms with E-state index in [1.807, 2.05) is 24.3 Å². The Kier molecular flexibility index (Phi) is 7.13. The van der Waals surface area contributed by atoms with Crippen LogP contribution in [0.1, 0.15) is 84.5 Å². The molecular weight excluding hydrogens is 537 g/mol. The van der Waals surface area contributed by atoms with E-state index in [-0.39, 0.29) is 50.4 Å². The molecule has 0 bridgehead atoms. The number of phenols is 2. The molecular formula is C34H32O4S2. The molecule has 0 aliphatic heterocycles. The molecule has 4 nitrogen and oxygen atoms in total. The average Bonchev–Trinajstić information content (AvgIpc) is 2.88. The predicted octanol–water partition coefficient (Wildman–Crippen LogP) is 8.77. The molecule has 0 radical (unpaired) electrons. The van der Waals surface area contributed by atoms with Crippen molar-refractivity contribution in [1.29, 1.82) is 0 Å². The van der Waals surface area contributed by atoms with Crippen LogP contribution in [0.25, 0.3) is 0 Å². The molecule has 0 saturated heterocycles. The number of aromatic hydroxyl groups is 2. The van der Waals surface area contributed by atoms with Crippen LogP contribution in [0.15, 0.2) is 92.4 Å². The zero-order valence-corrected chi connectivity index (χ0v) is 25.1. The first-order chi connectivity index (χ1) is 18.8. The Bertz CT molecular complexity index is 1520. The van der Waals surface area contributed by atoms with Crippen LogP contribution < -0.4 is 0 Å². The molecule has 4 aromatic carbocycles. The van der Waals surface area contributed by atoms with Crippen molar-refractivity contribution in [2.75, 3.05) is 0 Å². The molecule has 0 unspecified atom stereocenters.